The van der Waals surface area contributed by atoms with Gasteiger partial charge >= 0.3 is 0 Å². The average molecular weight is 665 g/mol. The van der Waals surface area contributed by atoms with Gasteiger partial charge in [-0.1, -0.05) is 60.2 Å². The van der Waals surface area contributed by atoms with E-state index in [1.807, 2.05) is 71.4 Å². The van der Waals surface area contributed by atoms with Crippen LogP contribution >= 0.6 is 22.7 Å². The SMILES string of the molecule is O=C1C2CC=C3C(CC4C(=O)N(Cc5cccs5)C(=O)C4C3c3ccc(OCc4ccccc4)cc3O)C2C(=O)N1Cc1cccs1. The van der Waals surface area contributed by atoms with E-state index in [4.69, 9.17) is 4.74 Å². The first-order valence-electron chi connectivity index (χ1n) is 15.8. The molecule has 1 saturated carbocycles. The molecule has 4 aromatic rings. The number of likely N-dealkylation sites (tertiary alicyclic amines) is 2. The molecule has 10 heteroatoms. The number of hydrogen-bond donors (Lipinski definition) is 1. The number of fused-ring (bicyclic) bond motifs is 4. The molecule has 47 heavy (non-hydrogen) atoms. The Morgan fingerprint density at radius 1 is 0.723 bits per heavy atom. The summed E-state index contributed by atoms with van der Waals surface area (Å²) in [7, 11) is 0. The minimum absolute atomic E-state index is 0.0342. The maximum atomic E-state index is 14.2. The molecule has 8 rings (SSSR count). The van der Waals surface area contributed by atoms with Crippen molar-refractivity contribution in [2.45, 2.75) is 38.5 Å². The van der Waals surface area contributed by atoms with E-state index in [9.17, 15) is 24.3 Å². The smallest absolute Gasteiger partial charge is 0.234 e. The molecule has 8 nitrogen and oxygen atoms in total. The fourth-order valence-corrected chi connectivity index (χ4v) is 9.50. The molecule has 0 bridgehead atoms. The summed E-state index contributed by atoms with van der Waals surface area (Å²) in [6.45, 7) is 0.749. The van der Waals surface area contributed by atoms with Gasteiger partial charge in [0.15, 0.2) is 0 Å². The van der Waals surface area contributed by atoms with Gasteiger partial charge in [0.05, 0.1) is 36.8 Å². The molecule has 3 fully saturated rings. The monoisotopic (exact) mass is 664 g/mol. The van der Waals surface area contributed by atoms with Crippen LogP contribution in [0.4, 0.5) is 0 Å². The van der Waals surface area contributed by atoms with Crippen LogP contribution in [-0.4, -0.2) is 38.5 Å². The van der Waals surface area contributed by atoms with Crippen LogP contribution in [0.25, 0.3) is 0 Å². The molecule has 2 aromatic heterocycles. The number of rotatable bonds is 8. The summed E-state index contributed by atoms with van der Waals surface area (Å²) in [6.07, 6.45) is 2.69. The summed E-state index contributed by atoms with van der Waals surface area (Å²) in [5, 5.41) is 15.3. The highest BCUT2D eigenvalue weighted by Gasteiger charge is 2.62. The molecule has 4 amide bonds. The summed E-state index contributed by atoms with van der Waals surface area (Å²) in [5.74, 6) is -4.03. The number of ether oxygens (including phenoxy) is 1. The van der Waals surface area contributed by atoms with Crippen molar-refractivity contribution in [3.8, 4) is 11.5 Å². The molecule has 4 aliphatic rings. The Morgan fingerprint density at radius 2 is 1.38 bits per heavy atom. The van der Waals surface area contributed by atoms with Crippen molar-refractivity contribution >= 4 is 46.3 Å². The molecular formula is C37H32N2O6S2. The molecular weight excluding hydrogens is 633 g/mol. The molecule has 6 atom stereocenters. The number of allylic oxidation sites excluding steroid dienone is 2. The Labute approximate surface area is 279 Å². The second kappa shape index (κ2) is 11.9. The quantitative estimate of drug-likeness (QED) is 0.180. The second-order valence-corrected chi connectivity index (χ2v) is 14.8. The van der Waals surface area contributed by atoms with Crippen LogP contribution in [0.2, 0.25) is 0 Å². The average Bonchev–Trinajstić information content (AvgIpc) is 3.88. The van der Waals surface area contributed by atoms with Crippen molar-refractivity contribution in [1.29, 1.82) is 0 Å². The Bertz CT molecular complexity index is 1890. The van der Waals surface area contributed by atoms with Crippen LogP contribution < -0.4 is 4.74 Å². The molecule has 0 radical (unpaired) electrons. The van der Waals surface area contributed by atoms with Gasteiger partial charge in [0, 0.05) is 27.3 Å². The summed E-state index contributed by atoms with van der Waals surface area (Å²) in [4.78, 5) is 60.5. The summed E-state index contributed by atoms with van der Waals surface area (Å²) in [6, 6.07) is 22.4. The number of aromatic hydroxyl groups is 1. The number of phenols is 1. The molecule has 2 saturated heterocycles. The van der Waals surface area contributed by atoms with E-state index in [1.165, 1.54) is 32.5 Å². The standard InChI is InChI=1S/C37H32N2O6S2/c40-30-16-22(45-20-21-6-2-1-3-7-21)10-11-26(30)31-25-12-13-27-32(36(43)38(34(27)41)18-23-8-4-14-46-23)28(25)17-29-33(31)37(44)39(35(29)42)19-24-9-5-15-47-24/h1-12,14-16,27-29,31-33,40H,13,17-20H2. The number of imide groups is 2. The molecule has 1 N–H and O–H groups in total. The fourth-order valence-electron chi connectivity index (χ4n) is 8.11. The normalized spacial score (nSPS) is 26.7. The van der Waals surface area contributed by atoms with Gasteiger partial charge in [0.25, 0.3) is 0 Å². The molecule has 238 valence electrons. The number of benzene rings is 2. The van der Waals surface area contributed by atoms with E-state index in [1.54, 1.807) is 18.2 Å². The lowest BCUT2D eigenvalue weighted by Gasteiger charge is -2.44. The van der Waals surface area contributed by atoms with Crippen LogP contribution in [0.1, 0.15) is 39.6 Å². The van der Waals surface area contributed by atoms with Crippen molar-refractivity contribution in [2.24, 2.45) is 29.6 Å². The lowest BCUT2D eigenvalue weighted by molar-refractivity contribution is -0.142. The van der Waals surface area contributed by atoms with Gasteiger partial charge in [-0.05, 0) is 53.3 Å². The minimum Gasteiger partial charge on any atom is -0.508 e. The number of phenolic OH excluding ortho intramolecular Hbond substituents is 1. The van der Waals surface area contributed by atoms with Crippen LogP contribution in [0.15, 0.2) is 95.2 Å². The predicted octanol–water partition coefficient (Wildman–Crippen LogP) is 6.13. The van der Waals surface area contributed by atoms with Crippen molar-refractivity contribution in [2.75, 3.05) is 0 Å². The molecule has 6 unspecified atom stereocenters. The summed E-state index contributed by atoms with van der Waals surface area (Å²) in [5.41, 5.74) is 2.37. The third kappa shape index (κ3) is 5.10. The van der Waals surface area contributed by atoms with E-state index in [0.717, 1.165) is 20.9 Å². The zero-order chi connectivity index (χ0) is 32.2. The highest BCUT2D eigenvalue weighted by molar-refractivity contribution is 7.10. The zero-order valence-electron chi connectivity index (χ0n) is 25.4. The first-order chi connectivity index (χ1) is 22.9. The maximum absolute atomic E-state index is 14.2. The maximum Gasteiger partial charge on any atom is 0.234 e. The highest BCUT2D eigenvalue weighted by Crippen LogP contribution is 2.59. The highest BCUT2D eigenvalue weighted by atomic mass is 32.1. The van der Waals surface area contributed by atoms with Crippen molar-refractivity contribution in [3.05, 3.63) is 116 Å². The van der Waals surface area contributed by atoms with Crippen molar-refractivity contribution < 1.29 is 29.0 Å². The Hall–Kier alpha value is -4.54. The van der Waals surface area contributed by atoms with Gasteiger partial charge in [-0.2, -0.15) is 0 Å². The second-order valence-electron chi connectivity index (χ2n) is 12.7. The van der Waals surface area contributed by atoms with E-state index in [-0.39, 0.29) is 42.5 Å². The Kier molecular flexibility index (Phi) is 7.57. The van der Waals surface area contributed by atoms with Gasteiger partial charge < -0.3 is 9.84 Å². The van der Waals surface area contributed by atoms with E-state index in [0.29, 0.717) is 30.8 Å². The van der Waals surface area contributed by atoms with Gasteiger partial charge in [-0.3, -0.25) is 29.0 Å². The van der Waals surface area contributed by atoms with Crippen molar-refractivity contribution in [1.82, 2.24) is 9.80 Å². The first kappa shape index (κ1) is 29.8. The lowest BCUT2D eigenvalue weighted by atomic mass is 9.57. The van der Waals surface area contributed by atoms with Crippen LogP contribution in [-0.2, 0) is 38.9 Å². The third-order valence-electron chi connectivity index (χ3n) is 10.2. The van der Waals surface area contributed by atoms with Crippen LogP contribution in [0, 0.1) is 29.6 Å². The van der Waals surface area contributed by atoms with Crippen molar-refractivity contribution in [3.63, 3.8) is 0 Å². The topological polar surface area (TPSA) is 104 Å². The van der Waals surface area contributed by atoms with Crippen LogP contribution in [0.3, 0.4) is 0 Å². The molecule has 4 heterocycles. The summed E-state index contributed by atoms with van der Waals surface area (Å²) < 4.78 is 5.97. The largest absolute Gasteiger partial charge is 0.508 e. The number of nitrogens with zero attached hydrogens (tertiary/aromatic N) is 2. The Balaban J connectivity index is 1.15. The Morgan fingerprint density at radius 3 is 2.02 bits per heavy atom. The van der Waals surface area contributed by atoms with Gasteiger partial charge in [-0.25, -0.2) is 0 Å². The molecule has 2 aliphatic heterocycles. The fraction of sp³-hybridized carbons (Fsp3) is 0.297. The minimum atomic E-state index is -0.724. The summed E-state index contributed by atoms with van der Waals surface area (Å²) >= 11 is 2.99. The van der Waals surface area contributed by atoms with E-state index >= 15 is 0 Å². The number of hydrogen-bond acceptors (Lipinski definition) is 8. The third-order valence-corrected chi connectivity index (χ3v) is 11.9. The number of carbonyl (C=O) groups is 4. The van der Waals surface area contributed by atoms with E-state index < -0.39 is 35.5 Å². The van der Waals surface area contributed by atoms with Gasteiger partial charge in [0.2, 0.25) is 23.6 Å². The van der Waals surface area contributed by atoms with E-state index in [2.05, 4.69) is 0 Å². The number of carbonyl (C=O) groups excluding carboxylic acids is 4. The number of amides is 4. The number of thiophene rings is 2. The van der Waals surface area contributed by atoms with Crippen LogP contribution in [0.5, 0.6) is 11.5 Å². The predicted molar refractivity (Wildman–Crippen MR) is 176 cm³/mol. The van der Waals surface area contributed by atoms with Gasteiger partial charge in [-0.15, -0.1) is 22.7 Å². The first-order valence-corrected chi connectivity index (χ1v) is 17.6. The molecule has 0 spiro atoms. The lowest BCUT2D eigenvalue weighted by Crippen LogP contribution is -2.43. The van der Waals surface area contributed by atoms with Gasteiger partial charge in [0.1, 0.15) is 18.1 Å². The zero-order valence-corrected chi connectivity index (χ0v) is 27.0. The molecule has 2 aliphatic carbocycles. The molecule has 2 aromatic carbocycles.